The molecule has 2 aromatic carbocycles. The van der Waals surface area contributed by atoms with E-state index in [0.29, 0.717) is 12.3 Å². The van der Waals surface area contributed by atoms with Crippen LogP contribution in [0.3, 0.4) is 0 Å². The molecule has 0 spiro atoms. The van der Waals surface area contributed by atoms with Gasteiger partial charge in [-0.1, -0.05) is 12.1 Å². The number of benzene rings is 2. The zero-order valence-corrected chi connectivity index (χ0v) is 16.4. The molecule has 0 bridgehead atoms. The average molecular weight is 402 g/mol. The summed E-state index contributed by atoms with van der Waals surface area (Å²) >= 11 is 0. The van der Waals surface area contributed by atoms with Crippen molar-refractivity contribution >= 4 is 20.9 Å². The van der Waals surface area contributed by atoms with Crippen LogP contribution in [-0.4, -0.2) is 43.7 Å². The first-order valence-corrected chi connectivity index (χ1v) is 11.2. The maximum Gasteiger partial charge on any atom is 0.198 e. The van der Waals surface area contributed by atoms with Crippen molar-refractivity contribution in [3.05, 3.63) is 60.2 Å². The Kier molecular flexibility index (Phi) is 5.46. The third-order valence-electron chi connectivity index (χ3n) is 5.31. The summed E-state index contributed by atoms with van der Waals surface area (Å²) in [5, 5.41) is 0. The maximum absolute atomic E-state index is 13.0. The predicted molar refractivity (Wildman–Crippen MR) is 105 cm³/mol. The van der Waals surface area contributed by atoms with Gasteiger partial charge in [-0.25, -0.2) is 17.8 Å². The molecule has 4 rings (SSSR count). The Morgan fingerprint density at radius 3 is 2.50 bits per heavy atom. The minimum atomic E-state index is -3.36. The second-order valence-corrected chi connectivity index (χ2v) is 9.37. The van der Waals surface area contributed by atoms with Crippen molar-refractivity contribution in [1.29, 1.82) is 0 Å². The summed E-state index contributed by atoms with van der Waals surface area (Å²) in [4.78, 5) is 7.08. The molecule has 1 aromatic heterocycles. The van der Waals surface area contributed by atoms with E-state index < -0.39 is 15.7 Å². The number of rotatable bonds is 6. The topological polar surface area (TPSA) is 63.4 Å². The van der Waals surface area contributed by atoms with Gasteiger partial charge in [0.2, 0.25) is 0 Å². The molecule has 1 aliphatic heterocycles. The number of hydrogen-bond acceptors (Lipinski definition) is 5. The van der Waals surface area contributed by atoms with E-state index in [-0.39, 0.29) is 10.6 Å². The number of nitrogens with zero attached hydrogens (tertiary/aromatic N) is 2. The Bertz CT molecular complexity index is 1010. The highest BCUT2D eigenvalue weighted by Gasteiger charge is 2.25. The highest BCUT2D eigenvalue weighted by molar-refractivity contribution is 7.91. The van der Waals surface area contributed by atoms with E-state index >= 15 is 0 Å². The van der Waals surface area contributed by atoms with Crippen LogP contribution in [0, 0.1) is 5.82 Å². The monoisotopic (exact) mass is 402 g/mol. The van der Waals surface area contributed by atoms with Gasteiger partial charge in [0, 0.05) is 5.92 Å². The lowest BCUT2D eigenvalue weighted by Gasteiger charge is -2.30. The minimum absolute atomic E-state index is 0.0731. The fourth-order valence-electron chi connectivity index (χ4n) is 3.71. The van der Waals surface area contributed by atoms with Gasteiger partial charge in [-0.3, -0.25) is 0 Å². The summed E-state index contributed by atoms with van der Waals surface area (Å²) in [6, 6.07) is 12.8. The van der Waals surface area contributed by atoms with Crippen LogP contribution in [0.5, 0.6) is 0 Å². The lowest BCUT2D eigenvalue weighted by Crippen LogP contribution is -2.34. The number of piperidine rings is 1. The summed E-state index contributed by atoms with van der Waals surface area (Å²) in [6.07, 6.45) is 2.47. The first kappa shape index (κ1) is 19.1. The van der Waals surface area contributed by atoms with Crippen molar-refractivity contribution in [3.63, 3.8) is 0 Å². The Labute approximate surface area is 164 Å². The van der Waals surface area contributed by atoms with Crippen molar-refractivity contribution < 1.29 is 17.2 Å². The number of fused-ring (bicyclic) bond motifs is 1. The molecule has 0 unspecified atom stereocenters. The highest BCUT2D eigenvalue weighted by atomic mass is 32.2. The lowest BCUT2D eigenvalue weighted by atomic mass is 9.97. The van der Waals surface area contributed by atoms with E-state index in [2.05, 4.69) is 9.88 Å². The smallest absolute Gasteiger partial charge is 0.198 e. The molecule has 3 aromatic rings. The van der Waals surface area contributed by atoms with Crippen molar-refractivity contribution in [2.45, 2.75) is 30.1 Å². The summed E-state index contributed by atoms with van der Waals surface area (Å²) in [7, 11) is -3.36. The van der Waals surface area contributed by atoms with Crippen LogP contribution in [0.4, 0.5) is 4.39 Å². The number of hydrogen-bond donors (Lipinski definition) is 0. The maximum atomic E-state index is 13.0. The van der Waals surface area contributed by atoms with Gasteiger partial charge in [0.25, 0.3) is 0 Å². The first-order valence-electron chi connectivity index (χ1n) is 9.57. The van der Waals surface area contributed by atoms with Crippen molar-refractivity contribution in [2.75, 3.05) is 25.4 Å². The SMILES string of the molecule is O=S(=O)(CCCN1CCC(c2nc3ccccc3o2)CC1)c1ccc(F)cc1. The van der Waals surface area contributed by atoms with Crippen molar-refractivity contribution in [1.82, 2.24) is 9.88 Å². The van der Waals surface area contributed by atoms with E-state index in [9.17, 15) is 12.8 Å². The normalized spacial score (nSPS) is 16.6. The summed E-state index contributed by atoms with van der Waals surface area (Å²) in [6.45, 7) is 2.54. The number of oxazole rings is 1. The zero-order valence-electron chi connectivity index (χ0n) is 15.6. The molecule has 2 heterocycles. The van der Waals surface area contributed by atoms with Crippen LogP contribution < -0.4 is 0 Å². The van der Waals surface area contributed by atoms with E-state index in [1.165, 1.54) is 24.3 Å². The van der Waals surface area contributed by atoms with E-state index in [0.717, 1.165) is 49.5 Å². The van der Waals surface area contributed by atoms with E-state index in [1.807, 2.05) is 24.3 Å². The van der Waals surface area contributed by atoms with Crippen molar-refractivity contribution in [2.24, 2.45) is 0 Å². The molecule has 0 N–H and O–H groups in total. The number of aromatic nitrogens is 1. The first-order chi connectivity index (χ1) is 13.5. The molecular formula is C21H23FN2O3S. The van der Waals surface area contributed by atoms with Gasteiger partial charge in [0.1, 0.15) is 11.3 Å². The summed E-state index contributed by atoms with van der Waals surface area (Å²) < 4.78 is 43.6. The van der Waals surface area contributed by atoms with Gasteiger partial charge in [-0.2, -0.15) is 0 Å². The van der Waals surface area contributed by atoms with Crippen LogP contribution in [0.15, 0.2) is 57.8 Å². The largest absolute Gasteiger partial charge is 0.440 e. The molecule has 28 heavy (non-hydrogen) atoms. The molecule has 1 aliphatic rings. The Balaban J connectivity index is 1.27. The number of halogens is 1. The molecule has 1 saturated heterocycles. The standard InChI is InChI=1S/C21H23FN2O3S/c22-17-6-8-18(9-7-17)28(25,26)15-3-12-24-13-10-16(11-14-24)21-23-19-4-1-2-5-20(19)27-21/h1-2,4-9,16H,3,10-15H2. The van der Waals surface area contributed by atoms with E-state index in [1.54, 1.807) is 0 Å². The third kappa shape index (κ3) is 4.25. The number of sulfone groups is 1. The molecular weight excluding hydrogens is 379 g/mol. The quantitative estimate of drug-likeness (QED) is 0.583. The molecule has 148 valence electrons. The molecule has 0 radical (unpaired) electrons. The zero-order chi connectivity index (χ0) is 19.6. The van der Waals surface area contributed by atoms with Crippen LogP contribution in [-0.2, 0) is 9.84 Å². The Morgan fingerprint density at radius 1 is 1.07 bits per heavy atom. The predicted octanol–water partition coefficient (Wildman–Crippen LogP) is 4.01. The molecule has 0 aliphatic carbocycles. The fraction of sp³-hybridized carbons (Fsp3) is 0.381. The molecule has 0 saturated carbocycles. The van der Waals surface area contributed by atoms with Gasteiger partial charge in [0.15, 0.2) is 21.3 Å². The summed E-state index contributed by atoms with van der Waals surface area (Å²) in [5.74, 6) is 0.760. The van der Waals surface area contributed by atoms with Crippen LogP contribution in [0.1, 0.15) is 31.1 Å². The summed E-state index contributed by atoms with van der Waals surface area (Å²) in [5.41, 5.74) is 1.72. The molecule has 1 fully saturated rings. The van der Waals surface area contributed by atoms with Gasteiger partial charge in [-0.15, -0.1) is 0 Å². The van der Waals surface area contributed by atoms with Gasteiger partial charge in [0.05, 0.1) is 10.6 Å². The molecule has 5 nitrogen and oxygen atoms in total. The number of likely N-dealkylation sites (tertiary alicyclic amines) is 1. The second-order valence-electron chi connectivity index (χ2n) is 7.26. The van der Waals surface area contributed by atoms with Gasteiger partial charge >= 0.3 is 0 Å². The lowest BCUT2D eigenvalue weighted by molar-refractivity contribution is 0.201. The Hall–Kier alpha value is -2.25. The van der Waals surface area contributed by atoms with Crippen LogP contribution in [0.2, 0.25) is 0 Å². The Morgan fingerprint density at radius 2 is 1.79 bits per heavy atom. The molecule has 0 amide bonds. The molecule has 0 atom stereocenters. The van der Waals surface area contributed by atoms with Crippen molar-refractivity contribution in [3.8, 4) is 0 Å². The average Bonchev–Trinajstić information content (AvgIpc) is 3.13. The van der Waals surface area contributed by atoms with Crippen LogP contribution in [0.25, 0.3) is 11.1 Å². The second kappa shape index (κ2) is 8.01. The molecule has 7 heteroatoms. The van der Waals surface area contributed by atoms with Gasteiger partial charge in [-0.05, 0) is 75.3 Å². The fourth-order valence-corrected chi connectivity index (χ4v) is 5.00. The van der Waals surface area contributed by atoms with Crippen LogP contribution >= 0.6 is 0 Å². The number of para-hydroxylation sites is 2. The minimum Gasteiger partial charge on any atom is -0.440 e. The highest BCUT2D eigenvalue weighted by Crippen LogP contribution is 2.30. The third-order valence-corrected chi connectivity index (χ3v) is 7.12. The van der Waals surface area contributed by atoms with Gasteiger partial charge < -0.3 is 9.32 Å². The van der Waals surface area contributed by atoms with E-state index in [4.69, 9.17) is 4.42 Å².